The first kappa shape index (κ1) is 14.9. The Morgan fingerprint density at radius 2 is 2.17 bits per heavy atom. The van der Waals surface area contributed by atoms with E-state index in [2.05, 4.69) is 11.4 Å². The van der Waals surface area contributed by atoms with Gasteiger partial charge in [-0.1, -0.05) is 6.92 Å². The van der Waals surface area contributed by atoms with Gasteiger partial charge < -0.3 is 5.32 Å². The molecule has 0 heterocycles. The van der Waals surface area contributed by atoms with Gasteiger partial charge in [0.2, 0.25) is 0 Å². The van der Waals surface area contributed by atoms with Gasteiger partial charge in [0.1, 0.15) is 17.2 Å². The summed E-state index contributed by atoms with van der Waals surface area (Å²) in [5, 5.41) is 12.0. The Morgan fingerprint density at radius 1 is 1.50 bits per heavy atom. The van der Waals surface area contributed by atoms with Gasteiger partial charge in [-0.2, -0.15) is 5.26 Å². The topological polar surface area (TPSA) is 35.8 Å². The van der Waals surface area contributed by atoms with Gasteiger partial charge in [0.05, 0.1) is 6.07 Å². The fraction of sp³-hybridized carbons (Fsp3) is 0.462. The first-order valence-corrected chi connectivity index (χ1v) is 6.50. The van der Waals surface area contributed by atoms with E-state index in [1.807, 2.05) is 6.92 Å². The van der Waals surface area contributed by atoms with Crippen LogP contribution in [0.2, 0.25) is 0 Å². The molecular weight excluding hydrogens is 254 g/mol. The van der Waals surface area contributed by atoms with Crippen LogP contribution in [-0.2, 0) is 0 Å². The monoisotopic (exact) mass is 270 g/mol. The van der Waals surface area contributed by atoms with Crippen LogP contribution in [0.25, 0.3) is 0 Å². The fourth-order valence-electron chi connectivity index (χ4n) is 1.61. The first-order valence-electron chi connectivity index (χ1n) is 5.62. The lowest BCUT2D eigenvalue weighted by molar-refractivity contribution is 0.455. The molecule has 0 saturated carbocycles. The van der Waals surface area contributed by atoms with Crippen LogP contribution in [0.1, 0.15) is 20.3 Å². The molecule has 18 heavy (non-hydrogen) atoms. The molecule has 2 nitrogen and oxygen atoms in total. The third kappa shape index (κ3) is 3.97. The van der Waals surface area contributed by atoms with Gasteiger partial charge in [0.15, 0.2) is 0 Å². The average molecular weight is 270 g/mol. The Hall–Kier alpha value is -1.12. The Labute approximate surface area is 110 Å². The van der Waals surface area contributed by atoms with Gasteiger partial charge in [-0.05, 0) is 32.5 Å². The number of nitrogens with one attached hydrogen (secondary N) is 1. The fourth-order valence-corrected chi connectivity index (χ4v) is 2.78. The van der Waals surface area contributed by atoms with Gasteiger partial charge in [-0.3, -0.25) is 0 Å². The summed E-state index contributed by atoms with van der Waals surface area (Å²) in [6.45, 7) is 3.71. The molecule has 0 aliphatic carbocycles. The summed E-state index contributed by atoms with van der Waals surface area (Å²) in [4.78, 5) is 0.403. The lowest BCUT2D eigenvalue weighted by atomic mass is 9.98. The number of thioether (sulfide) groups is 1. The molecule has 0 aliphatic rings. The van der Waals surface area contributed by atoms with E-state index in [0.717, 1.165) is 6.07 Å². The van der Waals surface area contributed by atoms with Crippen molar-refractivity contribution in [2.45, 2.75) is 36.0 Å². The van der Waals surface area contributed by atoms with Crippen molar-refractivity contribution < 1.29 is 8.78 Å². The Morgan fingerprint density at radius 3 is 2.67 bits per heavy atom. The maximum absolute atomic E-state index is 13.5. The Kier molecular flexibility index (Phi) is 5.12. The Balaban J connectivity index is 2.71. The zero-order valence-corrected chi connectivity index (χ0v) is 11.4. The number of hydrogen-bond acceptors (Lipinski definition) is 3. The van der Waals surface area contributed by atoms with Crippen LogP contribution < -0.4 is 5.32 Å². The number of rotatable bonds is 5. The molecule has 98 valence electrons. The molecule has 0 bridgehead atoms. The van der Waals surface area contributed by atoms with Crippen LogP contribution in [0.3, 0.4) is 0 Å². The number of benzene rings is 1. The van der Waals surface area contributed by atoms with Crippen LogP contribution in [0.5, 0.6) is 0 Å². The third-order valence-electron chi connectivity index (χ3n) is 2.72. The average Bonchev–Trinajstić information content (AvgIpc) is 2.32. The second kappa shape index (κ2) is 6.17. The quantitative estimate of drug-likeness (QED) is 0.834. The summed E-state index contributed by atoms with van der Waals surface area (Å²) >= 11 is 1.30. The molecule has 0 spiro atoms. The van der Waals surface area contributed by atoms with Gasteiger partial charge >= 0.3 is 0 Å². The zero-order valence-electron chi connectivity index (χ0n) is 10.6. The highest BCUT2D eigenvalue weighted by Crippen LogP contribution is 2.30. The van der Waals surface area contributed by atoms with E-state index in [-0.39, 0.29) is 5.25 Å². The molecule has 5 heteroatoms. The summed E-state index contributed by atoms with van der Waals surface area (Å²) in [5.74, 6) is -1.14. The van der Waals surface area contributed by atoms with Crippen molar-refractivity contribution in [3.8, 4) is 6.07 Å². The van der Waals surface area contributed by atoms with E-state index < -0.39 is 17.2 Å². The van der Waals surface area contributed by atoms with Crippen LogP contribution in [0.15, 0.2) is 23.1 Å². The van der Waals surface area contributed by atoms with E-state index in [9.17, 15) is 8.78 Å². The summed E-state index contributed by atoms with van der Waals surface area (Å²) in [6, 6.07) is 5.72. The van der Waals surface area contributed by atoms with Gasteiger partial charge in [0.25, 0.3) is 0 Å². The van der Waals surface area contributed by atoms with E-state index in [1.54, 1.807) is 14.0 Å². The lowest BCUT2D eigenvalue weighted by Crippen LogP contribution is -2.40. The number of nitrogens with zero attached hydrogens (tertiary/aromatic N) is 1. The smallest absolute Gasteiger partial charge is 0.139 e. The summed E-state index contributed by atoms with van der Waals surface area (Å²) in [6.07, 6.45) is 0.571. The van der Waals surface area contributed by atoms with Crippen molar-refractivity contribution >= 4 is 11.8 Å². The SMILES string of the molecule is CNC(C)(C#N)CC(C)Sc1ccc(F)cc1F. The predicted molar refractivity (Wildman–Crippen MR) is 69.4 cm³/mol. The molecule has 0 radical (unpaired) electrons. The molecule has 0 amide bonds. The second-order valence-corrected chi connectivity index (χ2v) is 5.88. The molecule has 2 unspecified atom stereocenters. The van der Waals surface area contributed by atoms with E-state index in [0.29, 0.717) is 11.3 Å². The molecule has 0 fully saturated rings. The number of halogens is 2. The summed E-state index contributed by atoms with van der Waals surface area (Å²) < 4.78 is 26.2. The molecule has 1 N–H and O–H groups in total. The summed E-state index contributed by atoms with van der Waals surface area (Å²) in [5.41, 5.74) is -0.636. The van der Waals surface area contributed by atoms with Crippen molar-refractivity contribution in [1.29, 1.82) is 5.26 Å². The zero-order chi connectivity index (χ0) is 13.8. The van der Waals surface area contributed by atoms with Crippen molar-refractivity contribution in [2.24, 2.45) is 0 Å². The molecular formula is C13H16F2N2S. The van der Waals surface area contributed by atoms with Gasteiger partial charge in [-0.25, -0.2) is 8.78 Å². The van der Waals surface area contributed by atoms with Gasteiger partial charge in [0, 0.05) is 16.2 Å². The van der Waals surface area contributed by atoms with E-state index in [1.165, 1.54) is 23.9 Å². The summed E-state index contributed by atoms with van der Waals surface area (Å²) in [7, 11) is 1.72. The maximum atomic E-state index is 13.5. The first-order chi connectivity index (χ1) is 8.40. The largest absolute Gasteiger partial charge is 0.303 e. The van der Waals surface area contributed by atoms with Crippen molar-refractivity contribution in [3.63, 3.8) is 0 Å². The van der Waals surface area contributed by atoms with Crippen LogP contribution in [0, 0.1) is 23.0 Å². The van der Waals surface area contributed by atoms with E-state index >= 15 is 0 Å². The van der Waals surface area contributed by atoms with Crippen molar-refractivity contribution in [2.75, 3.05) is 7.05 Å². The molecule has 2 atom stereocenters. The highest BCUT2D eigenvalue weighted by Gasteiger charge is 2.25. The number of hydrogen-bond donors (Lipinski definition) is 1. The third-order valence-corrected chi connectivity index (χ3v) is 3.87. The maximum Gasteiger partial charge on any atom is 0.139 e. The normalized spacial score (nSPS) is 15.8. The van der Waals surface area contributed by atoms with Crippen LogP contribution >= 0.6 is 11.8 Å². The highest BCUT2D eigenvalue weighted by molar-refractivity contribution is 8.00. The van der Waals surface area contributed by atoms with Crippen LogP contribution in [0.4, 0.5) is 8.78 Å². The minimum atomic E-state index is -0.636. The van der Waals surface area contributed by atoms with Gasteiger partial charge in [-0.15, -0.1) is 11.8 Å². The second-order valence-electron chi connectivity index (χ2n) is 4.40. The minimum absolute atomic E-state index is 0.0436. The molecule has 1 aromatic rings. The van der Waals surface area contributed by atoms with E-state index in [4.69, 9.17) is 5.26 Å². The number of nitriles is 1. The molecule has 0 aliphatic heterocycles. The molecule has 0 saturated heterocycles. The minimum Gasteiger partial charge on any atom is -0.303 e. The lowest BCUT2D eigenvalue weighted by Gasteiger charge is -2.24. The molecule has 1 aromatic carbocycles. The predicted octanol–water partition coefficient (Wildman–Crippen LogP) is 3.34. The molecule has 0 aromatic heterocycles. The van der Waals surface area contributed by atoms with Crippen molar-refractivity contribution in [1.82, 2.24) is 5.32 Å². The molecule has 1 rings (SSSR count). The highest BCUT2D eigenvalue weighted by atomic mass is 32.2. The standard InChI is InChI=1S/C13H16F2N2S/c1-9(7-13(2,8-16)17-3)18-12-5-4-10(14)6-11(12)15/h4-6,9,17H,7H2,1-3H3. The Bertz CT molecular complexity index is 459. The van der Waals surface area contributed by atoms with Crippen LogP contribution in [-0.4, -0.2) is 17.8 Å². The van der Waals surface area contributed by atoms with Crippen molar-refractivity contribution in [3.05, 3.63) is 29.8 Å².